The van der Waals surface area contributed by atoms with Gasteiger partial charge < -0.3 is 20.1 Å². The van der Waals surface area contributed by atoms with E-state index in [9.17, 15) is 20.1 Å². The van der Waals surface area contributed by atoms with Crippen molar-refractivity contribution >= 4 is 21.7 Å². The van der Waals surface area contributed by atoms with Crippen LogP contribution in [-0.4, -0.2) is 50.0 Å². The zero-order valence-corrected chi connectivity index (χ0v) is 11.8. The largest absolute Gasteiger partial charge is 0.388 e. The summed E-state index contributed by atoms with van der Waals surface area (Å²) in [4.78, 5) is 12.4. The summed E-state index contributed by atoms with van der Waals surface area (Å²) in [5.41, 5.74) is 0.342. The van der Waals surface area contributed by atoms with Gasteiger partial charge in [0.05, 0.1) is 6.10 Å². The normalized spacial score (nSPS) is 39.0. The van der Waals surface area contributed by atoms with E-state index in [0.29, 0.717) is 5.56 Å². The summed E-state index contributed by atoms with van der Waals surface area (Å²) < 4.78 is 3.63. The second-order valence-electron chi connectivity index (χ2n) is 4.59. The molecule has 0 amide bonds. The number of aliphatic hydroxyl groups excluding tert-OH is 3. The quantitative estimate of drug-likeness (QED) is 0.541. The molecule has 104 valence electrons. The van der Waals surface area contributed by atoms with Gasteiger partial charge >= 0.3 is 0 Å². The number of aliphatic hydroxyl groups is 3. The SMILES string of the molecule is C[C@@H]1O[C@@](Br)(C(=O)c2ccccc2)[C@H](O)[C@H](O)[C@H]1O. The van der Waals surface area contributed by atoms with Gasteiger partial charge in [0, 0.05) is 5.56 Å². The van der Waals surface area contributed by atoms with E-state index >= 15 is 0 Å². The first-order valence-electron chi connectivity index (χ1n) is 5.88. The highest BCUT2D eigenvalue weighted by Crippen LogP contribution is 2.37. The summed E-state index contributed by atoms with van der Waals surface area (Å²) in [6.07, 6.45) is -5.06. The van der Waals surface area contributed by atoms with Gasteiger partial charge in [0.2, 0.25) is 10.3 Å². The van der Waals surface area contributed by atoms with Crippen LogP contribution < -0.4 is 0 Å². The van der Waals surface area contributed by atoms with Crippen molar-refractivity contribution in [3.05, 3.63) is 35.9 Å². The predicted molar refractivity (Wildman–Crippen MR) is 71.0 cm³/mol. The number of halogens is 1. The van der Waals surface area contributed by atoms with Crippen LogP contribution in [0, 0.1) is 0 Å². The molecule has 2 rings (SSSR count). The third-order valence-corrected chi connectivity index (χ3v) is 4.25. The summed E-state index contributed by atoms with van der Waals surface area (Å²) >= 11 is 3.08. The van der Waals surface area contributed by atoms with Crippen molar-refractivity contribution in [3.8, 4) is 0 Å². The van der Waals surface area contributed by atoms with Crippen LogP contribution >= 0.6 is 15.9 Å². The fourth-order valence-corrected chi connectivity index (χ4v) is 2.86. The fraction of sp³-hybridized carbons (Fsp3) is 0.462. The Morgan fingerprint density at radius 3 is 2.37 bits per heavy atom. The van der Waals surface area contributed by atoms with Crippen LogP contribution in [0.3, 0.4) is 0 Å². The maximum absolute atomic E-state index is 12.4. The highest BCUT2D eigenvalue weighted by Gasteiger charge is 2.55. The van der Waals surface area contributed by atoms with Crippen LogP contribution in [-0.2, 0) is 4.74 Å². The molecule has 0 bridgehead atoms. The van der Waals surface area contributed by atoms with Crippen molar-refractivity contribution in [2.45, 2.75) is 35.8 Å². The van der Waals surface area contributed by atoms with E-state index < -0.39 is 34.7 Å². The standard InChI is InChI=1S/C13H15BrO5/c1-7-9(15)10(16)12(18)13(14,19-7)11(17)8-5-3-2-4-6-8/h2-7,9-10,12,15-16,18H,1H3/t7-,9-,10+,12+,13-/m0/s1. The van der Waals surface area contributed by atoms with E-state index in [-0.39, 0.29) is 0 Å². The lowest BCUT2D eigenvalue weighted by molar-refractivity contribution is -0.212. The molecule has 0 unspecified atom stereocenters. The number of hydrogen-bond donors (Lipinski definition) is 3. The van der Waals surface area contributed by atoms with Crippen LogP contribution in [0.25, 0.3) is 0 Å². The Balaban J connectivity index is 2.34. The van der Waals surface area contributed by atoms with E-state index in [0.717, 1.165) is 0 Å². The first kappa shape index (κ1) is 14.6. The molecule has 5 atom stereocenters. The monoisotopic (exact) mass is 330 g/mol. The van der Waals surface area contributed by atoms with Crippen molar-refractivity contribution in [3.63, 3.8) is 0 Å². The van der Waals surface area contributed by atoms with Gasteiger partial charge in [0.25, 0.3) is 0 Å². The zero-order chi connectivity index (χ0) is 14.2. The number of carbonyl (C=O) groups is 1. The van der Waals surface area contributed by atoms with Gasteiger partial charge in [0.15, 0.2) is 0 Å². The molecule has 0 radical (unpaired) electrons. The minimum atomic E-state index is -1.76. The Kier molecular flexibility index (Phi) is 4.08. The molecule has 1 heterocycles. The number of alkyl halides is 1. The molecule has 5 nitrogen and oxygen atoms in total. The van der Waals surface area contributed by atoms with Crippen LogP contribution in [0.5, 0.6) is 0 Å². The molecular weight excluding hydrogens is 316 g/mol. The molecule has 0 aliphatic carbocycles. The Hall–Kier alpha value is -0.790. The molecule has 1 fully saturated rings. The molecule has 1 aliphatic heterocycles. The number of rotatable bonds is 2. The Morgan fingerprint density at radius 2 is 1.79 bits per heavy atom. The maximum Gasteiger partial charge on any atom is 0.214 e. The van der Waals surface area contributed by atoms with Crippen molar-refractivity contribution in [2.24, 2.45) is 0 Å². The number of carbonyl (C=O) groups excluding carboxylic acids is 1. The minimum Gasteiger partial charge on any atom is -0.388 e. The fourth-order valence-electron chi connectivity index (χ4n) is 2.07. The molecule has 0 aromatic heterocycles. The van der Waals surface area contributed by atoms with E-state index in [2.05, 4.69) is 15.9 Å². The van der Waals surface area contributed by atoms with Gasteiger partial charge in [-0.2, -0.15) is 0 Å². The predicted octanol–water partition coefficient (Wildman–Crippen LogP) is 0.462. The van der Waals surface area contributed by atoms with Gasteiger partial charge in [0.1, 0.15) is 18.3 Å². The lowest BCUT2D eigenvalue weighted by Crippen LogP contribution is -2.64. The third-order valence-electron chi connectivity index (χ3n) is 3.24. The number of benzene rings is 1. The minimum absolute atomic E-state index is 0.342. The molecule has 1 aromatic carbocycles. The van der Waals surface area contributed by atoms with E-state index in [1.807, 2.05) is 0 Å². The average molecular weight is 331 g/mol. The topological polar surface area (TPSA) is 87.0 Å². The van der Waals surface area contributed by atoms with Gasteiger partial charge in [-0.1, -0.05) is 30.3 Å². The van der Waals surface area contributed by atoms with Crippen LogP contribution in [0.1, 0.15) is 17.3 Å². The molecule has 1 aromatic rings. The second kappa shape index (κ2) is 5.30. The highest BCUT2D eigenvalue weighted by molar-refractivity contribution is 9.10. The third kappa shape index (κ3) is 2.46. The van der Waals surface area contributed by atoms with E-state index in [4.69, 9.17) is 4.74 Å². The Morgan fingerprint density at radius 1 is 1.21 bits per heavy atom. The number of Topliss-reactive ketones (excluding diaryl/α,β-unsaturated/α-hetero) is 1. The molecule has 0 spiro atoms. The first-order valence-corrected chi connectivity index (χ1v) is 6.68. The van der Waals surface area contributed by atoms with Gasteiger partial charge in [-0.05, 0) is 22.9 Å². The molecule has 1 saturated heterocycles. The lowest BCUT2D eigenvalue weighted by Gasteiger charge is -2.43. The summed E-state index contributed by atoms with van der Waals surface area (Å²) in [5, 5.41) is 29.4. The highest BCUT2D eigenvalue weighted by atomic mass is 79.9. The van der Waals surface area contributed by atoms with Gasteiger partial charge in [-0.3, -0.25) is 4.79 Å². The number of ether oxygens (including phenoxy) is 1. The number of hydrogen-bond acceptors (Lipinski definition) is 5. The maximum atomic E-state index is 12.4. The molecule has 19 heavy (non-hydrogen) atoms. The van der Waals surface area contributed by atoms with Crippen molar-refractivity contribution in [1.82, 2.24) is 0 Å². The van der Waals surface area contributed by atoms with Crippen molar-refractivity contribution in [2.75, 3.05) is 0 Å². The lowest BCUT2D eigenvalue weighted by atomic mass is 9.91. The summed E-state index contributed by atoms with van der Waals surface area (Å²) in [7, 11) is 0. The molecule has 0 saturated carbocycles. The Labute approximate surface area is 119 Å². The summed E-state index contributed by atoms with van der Waals surface area (Å²) in [6, 6.07) is 8.31. The molecule has 6 heteroatoms. The smallest absolute Gasteiger partial charge is 0.214 e. The van der Waals surface area contributed by atoms with Crippen molar-refractivity contribution in [1.29, 1.82) is 0 Å². The first-order chi connectivity index (χ1) is 8.88. The Bertz CT molecular complexity index is 465. The van der Waals surface area contributed by atoms with Gasteiger partial charge in [-0.25, -0.2) is 0 Å². The molecule has 1 aliphatic rings. The van der Waals surface area contributed by atoms with E-state index in [1.165, 1.54) is 6.92 Å². The molecule has 3 N–H and O–H groups in total. The van der Waals surface area contributed by atoms with E-state index in [1.54, 1.807) is 30.3 Å². The zero-order valence-electron chi connectivity index (χ0n) is 10.2. The van der Waals surface area contributed by atoms with Gasteiger partial charge in [-0.15, -0.1) is 0 Å². The van der Waals surface area contributed by atoms with Crippen LogP contribution in [0.4, 0.5) is 0 Å². The average Bonchev–Trinajstić information content (AvgIpc) is 2.43. The molecular formula is C13H15BrO5. The second-order valence-corrected chi connectivity index (χ2v) is 5.77. The van der Waals surface area contributed by atoms with Crippen molar-refractivity contribution < 1.29 is 24.9 Å². The van der Waals surface area contributed by atoms with Crippen LogP contribution in [0.2, 0.25) is 0 Å². The summed E-state index contributed by atoms with van der Waals surface area (Å²) in [5.74, 6) is -0.501. The van der Waals surface area contributed by atoms with Crippen LogP contribution in [0.15, 0.2) is 30.3 Å². The summed E-state index contributed by atoms with van der Waals surface area (Å²) in [6.45, 7) is 1.52. The number of ketones is 1.